The first-order valence-electron chi connectivity index (χ1n) is 8.01. The van der Waals surface area contributed by atoms with E-state index in [0.717, 1.165) is 0 Å². The Morgan fingerprint density at radius 1 is 1.32 bits per heavy atom. The number of nitrogens with zero attached hydrogens (tertiary/aromatic N) is 1. The molecule has 1 aromatic carbocycles. The monoisotopic (exact) mass is 364 g/mol. The van der Waals surface area contributed by atoms with Crippen LogP contribution in [0, 0.1) is 0 Å². The topological polar surface area (TPSA) is 95.9 Å². The Morgan fingerprint density at radius 3 is 2.64 bits per heavy atom. The lowest BCUT2D eigenvalue weighted by Crippen LogP contribution is -2.70. The van der Waals surface area contributed by atoms with Crippen molar-refractivity contribution >= 4 is 29.5 Å². The van der Waals surface area contributed by atoms with Crippen LogP contribution in [0.1, 0.15) is 20.3 Å². The molecule has 0 aliphatic carbocycles. The lowest BCUT2D eigenvalue weighted by Gasteiger charge is -2.43. The van der Waals surface area contributed by atoms with Gasteiger partial charge < -0.3 is 20.1 Å². The molecule has 3 rings (SSSR count). The summed E-state index contributed by atoms with van der Waals surface area (Å²) < 4.78 is 4.87. The van der Waals surface area contributed by atoms with E-state index in [1.165, 1.54) is 16.7 Å². The number of rotatable bonds is 6. The number of carboxylic acid groups (broad SMARTS) is 1. The molecule has 2 heterocycles. The lowest BCUT2D eigenvalue weighted by atomic mass is 9.96. The van der Waals surface area contributed by atoms with Crippen LogP contribution in [0.2, 0.25) is 0 Å². The first kappa shape index (κ1) is 17.6. The van der Waals surface area contributed by atoms with Crippen molar-refractivity contribution in [1.82, 2.24) is 10.2 Å². The summed E-state index contributed by atoms with van der Waals surface area (Å²) in [4.78, 5) is 37.1. The highest BCUT2D eigenvalue weighted by Gasteiger charge is 2.64. The number of amides is 2. The van der Waals surface area contributed by atoms with E-state index in [4.69, 9.17) is 4.74 Å². The van der Waals surface area contributed by atoms with Gasteiger partial charge in [-0.25, -0.2) is 4.79 Å². The van der Waals surface area contributed by atoms with E-state index in [1.54, 1.807) is 26.0 Å². The minimum atomic E-state index is -1.02. The van der Waals surface area contributed by atoms with Crippen LogP contribution >= 0.6 is 11.8 Å². The van der Waals surface area contributed by atoms with Crippen LogP contribution in [-0.4, -0.2) is 56.6 Å². The molecule has 0 saturated carbocycles. The second kappa shape index (κ2) is 6.59. The number of aliphatic carboxylic acids is 1. The number of para-hydroxylation sites is 1. The molecule has 0 bridgehead atoms. The highest BCUT2D eigenvalue weighted by molar-refractivity contribution is 8.01. The van der Waals surface area contributed by atoms with Crippen LogP contribution in [0.5, 0.6) is 5.75 Å². The van der Waals surface area contributed by atoms with Crippen molar-refractivity contribution in [1.29, 1.82) is 0 Å². The van der Waals surface area contributed by atoms with Crippen LogP contribution in [0.4, 0.5) is 0 Å². The van der Waals surface area contributed by atoms with Gasteiger partial charge in [-0.1, -0.05) is 18.2 Å². The zero-order valence-corrected chi connectivity index (χ0v) is 14.8. The minimum Gasteiger partial charge on any atom is -0.493 e. The summed E-state index contributed by atoms with van der Waals surface area (Å²) >= 11 is 1.41. The zero-order valence-electron chi connectivity index (χ0n) is 14.0. The number of carbonyl (C=O) groups is 3. The molecule has 2 aliphatic heterocycles. The Labute approximate surface area is 149 Å². The molecule has 1 aromatic rings. The Kier molecular flexibility index (Phi) is 4.64. The number of benzene rings is 1. The summed E-state index contributed by atoms with van der Waals surface area (Å²) in [5, 5.41) is 11.7. The third-order valence-electron chi connectivity index (χ3n) is 4.33. The molecule has 25 heavy (non-hydrogen) atoms. The molecule has 0 unspecified atom stereocenters. The van der Waals surface area contributed by atoms with E-state index in [0.29, 0.717) is 5.75 Å². The molecule has 134 valence electrons. The Morgan fingerprint density at radius 2 is 2.00 bits per heavy atom. The third kappa shape index (κ3) is 3.30. The quantitative estimate of drug-likeness (QED) is 0.734. The predicted octanol–water partition coefficient (Wildman–Crippen LogP) is 1.09. The van der Waals surface area contributed by atoms with Crippen molar-refractivity contribution < 1.29 is 24.2 Å². The fourth-order valence-corrected chi connectivity index (χ4v) is 4.79. The van der Waals surface area contributed by atoms with Gasteiger partial charge in [0.25, 0.3) is 0 Å². The van der Waals surface area contributed by atoms with Crippen molar-refractivity contribution in [3.63, 3.8) is 0 Å². The maximum absolute atomic E-state index is 12.3. The van der Waals surface area contributed by atoms with E-state index >= 15 is 0 Å². The molecule has 2 aliphatic rings. The van der Waals surface area contributed by atoms with Crippen LogP contribution in [0.3, 0.4) is 0 Å². The number of hydrogen-bond acceptors (Lipinski definition) is 5. The molecule has 3 atom stereocenters. The highest BCUT2D eigenvalue weighted by atomic mass is 32.2. The smallest absolute Gasteiger partial charge is 0.327 e. The number of fused-ring (bicyclic) bond motifs is 1. The van der Waals surface area contributed by atoms with E-state index in [2.05, 4.69) is 5.32 Å². The van der Waals surface area contributed by atoms with Gasteiger partial charge >= 0.3 is 5.97 Å². The van der Waals surface area contributed by atoms with E-state index in [-0.39, 0.29) is 30.2 Å². The molecule has 7 nitrogen and oxygen atoms in total. The van der Waals surface area contributed by atoms with Gasteiger partial charge in [0, 0.05) is 4.75 Å². The van der Waals surface area contributed by atoms with E-state index in [9.17, 15) is 19.5 Å². The predicted molar refractivity (Wildman–Crippen MR) is 92.2 cm³/mol. The maximum atomic E-state index is 12.3. The minimum absolute atomic E-state index is 0.127. The van der Waals surface area contributed by atoms with E-state index < -0.39 is 22.8 Å². The summed E-state index contributed by atoms with van der Waals surface area (Å²) in [6, 6.07) is 7.62. The fraction of sp³-hybridized carbons (Fsp3) is 0.471. The number of nitrogens with one attached hydrogen (secondary N) is 1. The second-order valence-electron chi connectivity index (χ2n) is 6.55. The molecule has 2 amide bonds. The number of carbonyl (C=O) groups excluding carboxylic acids is 2. The van der Waals surface area contributed by atoms with Crippen molar-refractivity contribution in [2.45, 2.75) is 42.5 Å². The third-order valence-corrected chi connectivity index (χ3v) is 5.90. The molecule has 0 radical (unpaired) electrons. The molecule has 8 heteroatoms. The fourth-order valence-electron chi connectivity index (χ4n) is 3.17. The molecular weight excluding hydrogens is 344 g/mol. The molecule has 2 saturated heterocycles. The summed E-state index contributed by atoms with van der Waals surface area (Å²) in [6.07, 6.45) is 0.127. The molecule has 2 N–H and O–H groups in total. The summed E-state index contributed by atoms with van der Waals surface area (Å²) in [7, 11) is 0. The standard InChI is InChI=1S/C17H20N2O5S/c1-17(2)13(16(22)23)19-14(21)12(15(19)25-17)18-11(20)8-9-24-10-6-4-3-5-7-10/h3-7,12-13,15H,8-9H2,1-2H3,(H,18,20)(H,22,23)/t12-,13+,15-/m1/s1. The van der Waals surface area contributed by atoms with Crippen molar-refractivity contribution in [3.8, 4) is 5.75 Å². The van der Waals surface area contributed by atoms with Gasteiger partial charge in [0.15, 0.2) is 0 Å². The van der Waals surface area contributed by atoms with Gasteiger partial charge in [-0.3, -0.25) is 9.59 Å². The average Bonchev–Trinajstić information content (AvgIpc) is 2.82. The molecular formula is C17H20N2O5S. The van der Waals surface area contributed by atoms with Crippen LogP contribution in [-0.2, 0) is 14.4 Å². The molecule has 0 aromatic heterocycles. The summed E-state index contributed by atoms with van der Waals surface area (Å²) in [6.45, 7) is 3.81. The van der Waals surface area contributed by atoms with Gasteiger partial charge in [0.05, 0.1) is 13.0 Å². The van der Waals surface area contributed by atoms with Crippen LogP contribution in [0.15, 0.2) is 30.3 Å². The van der Waals surface area contributed by atoms with Gasteiger partial charge in [0.2, 0.25) is 11.8 Å². The number of hydrogen-bond donors (Lipinski definition) is 2. The Bertz CT molecular complexity index is 694. The summed E-state index contributed by atoms with van der Waals surface area (Å²) in [5.74, 6) is -0.966. The van der Waals surface area contributed by atoms with Crippen LogP contribution < -0.4 is 10.1 Å². The molecule has 2 fully saturated rings. The Balaban J connectivity index is 1.52. The number of ether oxygens (including phenoxy) is 1. The van der Waals surface area contributed by atoms with Gasteiger partial charge in [-0.15, -0.1) is 11.8 Å². The van der Waals surface area contributed by atoms with Crippen molar-refractivity contribution in [3.05, 3.63) is 30.3 Å². The first-order valence-corrected chi connectivity index (χ1v) is 8.89. The number of β-lactam (4-membered cyclic amide) rings is 1. The first-order chi connectivity index (χ1) is 11.8. The lowest BCUT2D eigenvalue weighted by molar-refractivity contribution is -0.161. The van der Waals surface area contributed by atoms with E-state index in [1.807, 2.05) is 18.2 Å². The number of thioether (sulfide) groups is 1. The van der Waals surface area contributed by atoms with Crippen molar-refractivity contribution in [2.24, 2.45) is 0 Å². The van der Waals surface area contributed by atoms with Gasteiger partial charge in [-0.2, -0.15) is 0 Å². The SMILES string of the molecule is CC1(C)S[C@@H]2[C@H](NC(=O)CCOc3ccccc3)C(=O)N2[C@H]1C(=O)O. The highest BCUT2D eigenvalue weighted by Crippen LogP contribution is 2.50. The Hall–Kier alpha value is -2.22. The normalized spacial score (nSPS) is 26.6. The summed E-state index contributed by atoms with van der Waals surface area (Å²) in [5.41, 5.74) is 0. The largest absolute Gasteiger partial charge is 0.493 e. The second-order valence-corrected chi connectivity index (χ2v) is 8.33. The average molecular weight is 364 g/mol. The maximum Gasteiger partial charge on any atom is 0.327 e. The molecule has 0 spiro atoms. The van der Waals surface area contributed by atoms with Gasteiger partial charge in [-0.05, 0) is 26.0 Å². The van der Waals surface area contributed by atoms with Crippen LogP contribution in [0.25, 0.3) is 0 Å². The van der Waals surface area contributed by atoms with Crippen molar-refractivity contribution in [2.75, 3.05) is 6.61 Å². The van der Waals surface area contributed by atoms with Gasteiger partial charge in [0.1, 0.15) is 23.2 Å². The number of carboxylic acids is 1. The zero-order chi connectivity index (χ0) is 18.2.